The zero-order valence-corrected chi connectivity index (χ0v) is 15.4. The van der Waals surface area contributed by atoms with E-state index in [1.807, 2.05) is 31.2 Å². The normalized spacial score (nSPS) is 10.5. The third-order valence-corrected chi connectivity index (χ3v) is 4.37. The third-order valence-electron chi connectivity index (χ3n) is 4.37. The highest BCUT2D eigenvalue weighted by Gasteiger charge is 2.17. The third kappa shape index (κ3) is 4.63. The molecule has 0 heterocycles. The van der Waals surface area contributed by atoms with Gasteiger partial charge in [0.05, 0.1) is 5.69 Å². The fourth-order valence-electron chi connectivity index (χ4n) is 2.70. The predicted molar refractivity (Wildman–Crippen MR) is 103 cm³/mol. The van der Waals surface area contributed by atoms with Gasteiger partial charge in [0.1, 0.15) is 0 Å². The van der Waals surface area contributed by atoms with Crippen molar-refractivity contribution in [1.82, 2.24) is 5.32 Å². The fraction of sp³-hybridized carbons (Fsp3) is 0.0909. The molecule has 3 aromatic rings. The van der Waals surface area contributed by atoms with Crippen LogP contribution >= 0.6 is 0 Å². The van der Waals surface area contributed by atoms with Gasteiger partial charge < -0.3 is 10.6 Å². The number of rotatable bonds is 5. The number of carbonyl (C=O) groups is 2. The van der Waals surface area contributed by atoms with Crippen molar-refractivity contribution >= 4 is 17.5 Å². The molecule has 0 saturated heterocycles. The number of anilines is 1. The van der Waals surface area contributed by atoms with Crippen LogP contribution in [0.15, 0.2) is 60.7 Å². The molecule has 4 nitrogen and oxygen atoms in total. The van der Waals surface area contributed by atoms with Crippen LogP contribution in [-0.2, 0) is 6.54 Å². The smallest absolute Gasteiger partial charge is 0.255 e. The zero-order chi connectivity index (χ0) is 21.0. The molecule has 0 radical (unpaired) electrons. The molecule has 0 bridgehead atoms. The Morgan fingerprint density at radius 1 is 0.828 bits per heavy atom. The molecule has 148 valence electrons. The molecule has 29 heavy (non-hydrogen) atoms. The molecule has 0 aliphatic heterocycles. The highest BCUT2D eigenvalue weighted by molar-refractivity contribution is 6.06. The average Bonchev–Trinajstić information content (AvgIpc) is 2.73. The maximum atomic E-state index is 13.7. The Balaban J connectivity index is 1.72. The molecule has 0 aromatic heterocycles. The number of aryl methyl sites for hydroxylation is 1. The van der Waals surface area contributed by atoms with Crippen LogP contribution in [0.4, 0.5) is 18.9 Å². The van der Waals surface area contributed by atoms with Crippen molar-refractivity contribution in [3.63, 3.8) is 0 Å². The van der Waals surface area contributed by atoms with Crippen LogP contribution in [0.1, 0.15) is 31.8 Å². The van der Waals surface area contributed by atoms with Gasteiger partial charge in [-0.1, -0.05) is 30.3 Å². The second-order valence-electron chi connectivity index (χ2n) is 6.37. The Morgan fingerprint density at radius 3 is 2.24 bits per heavy atom. The summed E-state index contributed by atoms with van der Waals surface area (Å²) in [5, 5.41) is 4.95. The van der Waals surface area contributed by atoms with E-state index in [1.165, 1.54) is 24.3 Å². The van der Waals surface area contributed by atoms with Gasteiger partial charge >= 0.3 is 0 Å². The lowest BCUT2D eigenvalue weighted by Gasteiger charge is -2.10. The van der Waals surface area contributed by atoms with Crippen molar-refractivity contribution in [2.24, 2.45) is 0 Å². The van der Waals surface area contributed by atoms with Crippen molar-refractivity contribution in [3.8, 4) is 0 Å². The molecule has 0 aliphatic rings. The maximum Gasteiger partial charge on any atom is 0.255 e. The molecule has 3 rings (SSSR count). The molecule has 0 saturated carbocycles. The molecule has 0 spiro atoms. The van der Waals surface area contributed by atoms with Crippen molar-refractivity contribution in [2.75, 3.05) is 5.32 Å². The molecule has 2 amide bonds. The summed E-state index contributed by atoms with van der Waals surface area (Å²) in [6.07, 6.45) is 0. The van der Waals surface area contributed by atoms with Crippen molar-refractivity contribution in [1.29, 1.82) is 0 Å². The molecule has 0 unspecified atom stereocenters. The van der Waals surface area contributed by atoms with E-state index in [9.17, 15) is 22.8 Å². The first-order valence-electron chi connectivity index (χ1n) is 8.74. The van der Waals surface area contributed by atoms with Crippen LogP contribution in [0.25, 0.3) is 0 Å². The SMILES string of the molecule is Cc1ccccc1CNC(=O)c1cccc(C(=O)Nc2ccc(F)c(F)c2F)c1. The van der Waals surface area contributed by atoms with Crippen molar-refractivity contribution < 1.29 is 22.8 Å². The summed E-state index contributed by atoms with van der Waals surface area (Å²) in [5.41, 5.74) is 1.80. The Hall–Kier alpha value is -3.61. The zero-order valence-electron chi connectivity index (χ0n) is 15.4. The van der Waals surface area contributed by atoms with Crippen LogP contribution < -0.4 is 10.6 Å². The molecule has 2 N–H and O–H groups in total. The first-order valence-corrected chi connectivity index (χ1v) is 8.74. The van der Waals surface area contributed by atoms with Gasteiger partial charge in [0, 0.05) is 17.7 Å². The molecule has 0 aliphatic carbocycles. The standard InChI is InChI=1S/C22H17F3N2O2/c1-13-5-2-3-6-16(13)12-26-21(28)14-7-4-8-15(11-14)22(29)27-18-10-9-17(23)19(24)20(18)25/h2-11H,12H2,1H3,(H,26,28)(H,27,29). The van der Waals surface area contributed by atoms with Crippen LogP contribution in [0, 0.1) is 24.4 Å². The van der Waals surface area contributed by atoms with Crippen LogP contribution in [0.5, 0.6) is 0 Å². The Kier molecular flexibility index (Phi) is 5.97. The maximum absolute atomic E-state index is 13.7. The highest BCUT2D eigenvalue weighted by Crippen LogP contribution is 2.20. The Bertz CT molecular complexity index is 1080. The van der Waals surface area contributed by atoms with Crippen LogP contribution in [0.3, 0.4) is 0 Å². The van der Waals surface area contributed by atoms with Gasteiger partial charge in [-0.2, -0.15) is 0 Å². The lowest BCUT2D eigenvalue weighted by atomic mass is 10.1. The monoisotopic (exact) mass is 398 g/mol. The molecule has 7 heteroatoms. The summed E-state index contributed by atoms with van der Waals surface area (Å²) < 4.78 is 40.1. The van der Waals surface area contributed by atoms with E-state index >= 15 is 0 Å². The second kappa shape index (κ2) is 8.60. The van der Waals surface area contributed by atoms with E-state index in [0.29, 0.717) is 12.6 Å². The van der Waals surface area contributed by atoms with E-state index in [0.717, 1.165) is 17.2 Å². The summed E-state index contributed by atoms with van der Waals surface area (Å²) in [7, 11) is 0. The predicted octanol–water partition coefficient (Wildman–Crippen LogP) is 4.59. The number of halogens is 3. The first-order chi connectivity index (χ1) is 13.9. The van der Waals surface area contributed by atoms with Gasteiger partial charge in [0.25, 0.3) is 11.8 Å². The van der Waals surface area contributed by atoms with Crippen molar-refractivity contribution in [2.45, 2.75) is 13.5 Å². The number of hydrogen-bond acceptors (Lipinski definition) is 2. The lowest BCUT2D eigenvalue weighted by molar-refractivity contribution is 0.0951. The summed E-state index contributed by atoms with van der Waals surface area (Å²) in [6, 6.07) is 15.0. The number of amides is 2. The number of benzene rings is 3. The topological polar surface area (TPSA) is 58.2 Å². The van der Waals surface area contributed by atoms with Crippen LogP contribution in [0.2, 0.25) is 0 Å². The number of nitrogens with one attached hydrogen (secondary N) is 2. The largest absolute Gasteiger partial charge is 0.348 e. The molecule has 0 atom stereocenters. The minimum atomic E-state index is -1.67. The second-order valence-corrected chi connectivity index (χ2v) is 6.37. The van der Waals surface area contributed by atoms with Gasteiger partial charge in [-0.15, -0.1) is 0 Å². The molecule has 0 fully saturated rings. The van der Waals surface area contributed by atoms with Gasteiger partial charge in [-0.25, -0.2) is 13.2 Å². The molecular formula is C22H17F3N2O2. The highest BCUT2D eigenvalue weighted by atomic mass is 19.2. The summed E-state index contributed by atoms with van der Waals surface area (Å²) in [4.78, 5) is 24.7. The number of carbonyl (C=O) groups excluding carboxylic acids is 2. The summed E-state index contributed by atoms with van der Waals surface area (Å²) in [5.74, 6) is -5.67. The van der Waals surface area contributed by atoms with E-state index < -0.39 is 29.0 Å². The van der Waals surface area contributed by atoms with Gasteiger partial charge in [-0.05, 0) is 48.4 Å². The van der Waals surface area contributed by atoms with Crippen molar-refractivity contribution in [3.05, 3.63) is 100 Å². The molecule has 3 aromatic carbocycles. The number of hydrogen-bond donors (Lipinski definition) is 2. The fourth-order valence-corrected chi connectivity index (χ4v) is 2.70. The average molecular weight is 398 g/mol. The molecular weight excluding hydrogens is 381 g/mol. The summed E-state index contributed by atoms with van der Waals surface area (Å²) >= 11 is 0. The van der Waals surface area contributed by atoms with Crippen LogP contribution in [-0.4, -0.2) is 11.8 Å². The van der Waals surface area contributed by atoms with E-state index in [1.54, 1.807) is 0 Å². The quantitative estimate of drug-likeness (QED) is 0.618. The minimum Gasteiger partial charge on any atom is -0.348 e. The van der Waals surface area contributed by atoms with Gasteiger partial charge in [0.15, 0.2) is 17.5 Å². The Labute approximate surface area is 165 Å². The van der Waals surface area contributed by atoms with E-state index in [2.05, 4.69) is 10.6 Å². The summed E-state index contributed by atoms with van der Waals surface area (Å²) in [6.45, 7) is 2.26. The Morgan fingerprint density at radius 2 is 1.52 bits per heavy atom. The van der Waals surface area contributed by atoms with Gasteiger partial charge in [0.2, 0.25) is 0 Å². The lowest BCUT2D eigenvalue weighted by Crippen LogP contribution is -2.23. The minimum absolute atomic E-state index is 0.0673. The van der Waals surface area contributed by atoms with Gasteiger partial charge in [-0.3, -0.25) is 9.59 Å². The first kappa shape index (κ1) is 20.1. The van der Waals surface area contributed by atoms with E-state index in [-0.39, 0.29) is 17.0 Å². The van der Waals surface area contributed by atoms with E-state index in [4.69, 9.17) is 0 Å².